The summed E-state index contributed by atoms with van der Waals surface area (Å²) in [7, 11) is 0. The highest BCUT2D eigenvalue weighted by Crippen LogP contribution is 2.41. The molecule has 0 nitrogen and oxygen atoms in total. The zero-order valence-corrected chi connectivity index (χ0v) is 7.81. The highest BCUT2D eigenvalue weighted by molar-refractivity contribution is 5.13. The van der Waals surface area contributed by atoms with Gasteiger partial charge in [0.2, 0.25) is 0 Å². The molecule has 2 atom stereocenters. The van der Waals surface area contributed by atoms with E-state index in [2.05, 4.69) is 13.2 Å². The van der Waals surface area contributed by atoms with Crippen molar-refractivity contribution in [1.29, 1.82) is 0 Å². The number of hydrogen-bond donors (Lipinski definition) is 0. The third kappa shape index (κ3) is 1.35. The molecule has 12 heavy (non-hydrogen) atoms. The molecule has 2 bridgehead atoms. The van der Waals surface area contributed by atoms with Gasteiger partial charge in [-0.05, 0) is 50.4 Å². The number of fused-ring (bicyclic) bond motifs is 3. The monoisotopic (exact) mass is 162 g/mol. The normalized spacial score (nSPS) is 36.3. The summed E-state index contributed by atoms with van der Waals surface area (Å²) in [5.74, 6) is 1.66. The minimum atomic E-state index is 0.828. The van der Waals surface area contributed by atoms with Crippen molar-refractivity contribution in [2.24, 2.45) is 11.8 Å². The van der Waals surface area contributed by atoms with Gasteiger partial charge >= 0.3 is 0 Å². The maximum atomic E-state index is 4.19. The van der Waals surface area contributed by atoms with Gasteiger partial charge in [0.25, 0.3) is 0 Å². The van der Waals surface area contributed by atoms with Crippen molar-refractivity contribution in [3.63, 3.8) is 0 Å². The van der Waals surface area contributed by atoms with Gasteiger partial charge in [0.05, 0.1) is 0 Å². The van der Waals surface area contributed by atoms with Gasteiger partial charge < -0.3 is 0 Å². The van der Waals surface area contributed by atoms with Crippen molar-refractivity contribution in [1.82, 2.24) is 0 Å². The molecule has 0 radical (unpaired) electrons. The molecule has 0 aliphatic heterocycles. The summed E-state index contributed by atoms with van der Waals surface area (Å²) in [6.07, 6.45) is 7.93. The Kier molecular flexibility index (Phi) is 2.08. The smallest absolute Gasteiger partial charge is 0.0203 e. The summed E-state index contributed by atoms with van der Waals surface area (Å²) >= 11 is 0. The Balaban J connectivity index is 2.19. The van der Waals surface area contributed by atoms with Gasteiger partial charge in [-0.3, -0.25) is 0 Å². The van der Waals surface area contributed by atoms with Gasteiger partial charge in [-0.1, -0.05) is 24.3 Å². The molecular weight excluding hydrogens is 144 g/mol. The van der Waals surface area contributed by atoms with Crippen molar-refractivity contribution >= 4 is 0 Å². The van der Waals surface area contributed by atoms with Crippen LogP contribution in [0.3, 0.4) is 0 Å². The maximum Gasteiger partial charge on any atom is -0.0203 e. The Morgan fingerprint density at radius 1 is 0.750 bits per heavy atom. The molecule has 0 heteroatoms. The van der Waals surface area contributed by atoms with Gasteiger partial charge in [0.15, 0.2) is 0 Å². The predicted molar refractivity (Wildman–Crippen MR) is 53.0 cm³/mol. The number of rotatable bonds is 0. The number of hydrogen-bond acceptors (Lipinski definition) is 0. The largest absolute Gasteiger partial charge is 0.0996 e. The molecule has 0 amide bonds. The predicted octanol–water partition coefficient (Wildman–Crippen LogP) is 3.70. The second kappa shape index (κ2) is 3.08. The fourth-order valence-corrected chi connectivity index (χ4v) is 2.64. The highest BCUT2D eigenvalue weighted by Gasteiger charge is 2.26. The van der Waals surface area contributed by atoms with Gasteiger partial charge in [0.1, 0.15) is 0 Å². The molecule has 0 aromatic carbocycles. The van der Waals surface area contributed by atoms with Gasteiger partial charge in [-0.25, -0.2) is 0 Å². The fraction of sp³-hybridized carbons (Fsp3) is 0.667. The molecule has 2 saturated carbocycles. The van der Waals surface area contributed by atoms with Crippen molar-refractivity contribution in [3.05, 3.63) is 24.3 Å². The average molecular weight is 162 g/mol. The summed E-state index contributed by atoms with van der Waals surface area (Å²) in [6, 6.07) is 0. The third-order valence-corrected chi connectivity index (χ3v) is 3.65. The molecule has 2 rings (SSSR count). The van der Waals surface area contributed by atoms with E-state index in [0.29, 0.717) is 0 Å². The molecule has 2 aliphatic carbocycles. The van der Waals surface area contributed by atoms with Crippen molar-refractivity contribution in [2.75, 3.05) is 0 Å². The Morgan fingerprint density at radius 3 is 1.58 bits per heavy atom. The molecule has 0 spiro atoms. The summed E-state index contributed by atoms with van der Waals surface area (Å²) in [4.78, 5) is 0. The van der Waals surface area contributed by atoms with E-state index in [0.717, 1.165) is 11.8 Å². The molecule has 0 saturated heterocycles. The molecule has 66 valence electrons. The van der Waals surface area contributed by atoms with Crippen LogP contribution in [0.2, 0.25) is 0 Å². The van der Waals surface area contributed by atoms with E-state index in [4.69, 9.17) is 0 Å². The first-order chi connectivity index (χ1) is 5.77. The Bertz CT molecular complexity index is 188. The molecule has 0 heterocycles. The van der Waals surface area contributed by atoms with Crippen LogP contribution in [0.15, 0.2) is 24.3 Å². The summed E-state index contributed by atoms with van der Waals surface area (Å²) in [5, 5.41) is 0. The first-order valence-corrected chi connectivity index (χ1v) is 5.12. The van der Waals surface area contributed by atoms with E-state index in [1.54, 1.807) is 0 Å². The molecule has 0 N–H and O–H groups in total. The second-order valence-corrected chi connectivity index (χ2v) is 4.37. The van der Waals surface area contributed by atoms with Crippen LogP contribution in [-0.4, -0.2) is 0 Å². The van der Waals surface area contributed by atoms with Crippen LogP contribution in [0.5, 0.6) is 0 Å². The van der Waals surface area contributed by atoms with Gasteiger partial charge in [0, 0.05) is 0 Å². The Labute approximate surface area is 75.4 Å². The zero-order valence-electron chi connectivity index (χ0n) is 7.81. The Morgan fingerprint density at radius 2 is 1.17 bits per heavy atom. The quantitative estimate of drug-likeness (QED) is 0.476. The van der Waals surface area contributed by atoms with Crippen molar-refractivity contribution in [2.45, 2.75) is 38.5 Å². The first kappa shape index (κ1) is 8.10. The molecule has 0 aromatic heterocycles. The van der Waals surface area contributed by atoms with Crippen LogP contribution in [0.25, 0.3) is 0 Å². The van der Waals surface area contributed by atoms with Crippen LogP contribution >= 0.6 is 0 Å². The van der Waals surface area contributed by atoms with Crippen LogP contribution in [-0.2, 0) is 0 Å². The fourth-order valence-electron chi connectivity index (χ4n) is 2.64. The summed E-state index contributed by atoms with van der Waals surface area (Å²) < 4.78 is 0. The van der Waals surface area contributed by atoms with Crippen LogP contribution in [0, 0.1) is 11.8 Å². The Hall–Kier alpha value is -0.520. The number of allylic oxidation sites excluding steroid dienone is 2. The minimum absolute atomic E-state index is 0.828. The van der Waals surface area contributed by atoms with E-state index in [1.807, 2.05) is 0 Å². The van der Waals surface area contributed by atoms with Gasteiger partial charge in [-0.15, -0.1) is 0 Å². The van der Waals surface area contributed by atoms with Crippen LogP contribution < -0.4 is 0 Å². The summed E-state index contributed by atoms with van der Waals surface area (Å²) in [5.41, 5.74) is 3.04. The van der Waals surface area contributed by atoms with E-state index < -0.39 is 0 Å². The average Bonchev–Trinajstić information content (AvgIpc) is 2.33. The van der Waals surface area contributed by atoms with Crippen molar-refractivity contribution in [3.8, 4) is 0 Å². The SMILES string of the molecule is C=C1CCC2CCC1CCC2=C. The maximum absolute atomic E-state index is 4.19. The standard InChI is InChI=1S/C12H18/c1-9-3-5-12-8-7-11(9)6-4-10(12)2/h11-12H,1-8H2. The lowest BCUT2D eigenvalue weighted by atomic mass is 9.86. The molecule has 0 aromatic rings. The molecule has 2 fully saturated rings. The first-order valence-electron chi connectivity index (χ1n) is 5.12. The molecular formula is C12H18. The lowest BCUT2D eigenvalue weighted by Crippen LogP contribution is -2.04. The topological polar surface area (TPSA) is 0 Å². The highest BCUT2D eigenvalue weighted by atomic mass is 14.3. The zero-order chi connectivity index (χ0) is 8.55. The van der Waals surface area contributed by atoms with Crippen molar-refractivity contribution < 1.29 is 0 Å². The van der Waals surface area contributed by atoms with E-state index in [-0.39, 0.29) is 0 Å². The summed E-state index contributed by atoms with van der Waals surface area (Å²) in [6.45, 7) is 8.38. The van der Waals surface area contributed by atoms with E-state index >= 15 is 0 Å². The van der Waals surface area contributed by atoms with Crippen LogP contribution in [0.1, 0.15) is 38.5 Å². The second-order valence-electron chi connectivity index (χ2n) is 4.37. The van der Waals surface area contributed by atoms with E-state index in [9.17, 15) is 0 Å². The van der Waals surface area contributed by atoms with Crippen LogP contribution in [0.4, 0.5) is 0 Å². The molecule has 2 unspecified atom stereocenters. The minimum Gasteiger partial charge on any atom is -0.0996 e. The third-order valence-electron chi connectivity index (χ3n) is 3.65. The molecule has 2 aliphatic rings. The lowest BCUT2D eigenvalue weighted by Gasteiger charge is -2.19. The lowest BCUT2D eigenvalue weighted by molar-refractivity contribution is 0.528. The van der Waals surface area contributed by atoms with E-state index in [1.165, 1.54) is 49.7 Å². The van der Waals surface area contributed by atoms with Gasteiger partial charge in [-0.2, -0.15) is 0 Å².